The SMILES string of the molecule is CCN(CC)c1nc(NC)nc(NCCNS(C)(=O)=O)n1. The Balaban J connectivity index is 2.75. The highest BCUT2D eigenvalue weighted by molar-refractivity contribution is 7.88. The lowest BCUT2D eigenvalue weighted by Gasteiger charge is -2.19. The summed E-state index contributed by atoms with van der Waals surface area (Å²) < 4.78 is 24.3. The first kappa shape index (κ1) is 17.4. The number of rotatable bonds is 9. The molecule has 120 valence electrons. The van der Waals surface area contributed by atoms with Crippen LogP contribution in [0.15, 0.2) is 0 Å². The van der Waals surface area contributed by atoms with E-state index in [0.29, 0.717) is 24.4 Å². The molecule has 0 amide bonds. The molecule has 1 aromatic rings. The molecule has 0 atom stereocenters. The van der Waals surface area contributed by atoms with Crippen molar-refractivity contribution < 1.29 is 8.42 Å². The summed E-state index contributed by atoms with van der Waals surface area (Å²) in [5.41, 5.74) is 0. The maximum Gasteiger partial charge on any atom is 0.231 e. The highest BCUT2D eigenvalue weighted by atomic mass is 32.2. The Bertz CT molecular complexity index is 546. The van der Waals surface area contributed by atoms with Crippen molar-refractivity contribution >= 4 is 27.9 Å². The number of nitrogens with one attached hydrogen (secondary N) is 3. The Morgan fingerprint density at radius 3 is 2.19 bits per heavy atom. The number of hydrogen-bond donors (Lipinski definition) is 3. The Morgan fingerprint density at radius 2 is 1.67 bits per heavy atom. The second-order valence-corrected chi connectivity index (χ2v) is 6.13. The molecular weight excluding hydrogens is 294 g/mol. The number of anilines is 3. The van der Waals surface area contributed by atoms with Gasteiger partial charge < -0.3 is 15.5 Å². The van der Waals surface area contributed by atoms with E-state index >= 15 is 0 Å². The summed E-state index contributed by atoms with van der Waals surface area (Å²) in [7, 11) is -1.45. The molecule has 0 radical (unpaired) electrons. The summed E-state index contributed by atoms with van der Waals surface area (Å²) in [6.07, 6.45) is 1.12. The van der Waals surface area contributed by atoms with Crippen LogP contribution in [0.5, 0.6) is 0 Å². The summed E-state index contributed by atoms with van der Waals surface area (Å²) in [6, 6.07) is 0. The molecule has 0 aromatic carbocycles. The van der Waals surface area contributed by atoms with Crippen LogP contribution in [0.4, 0.5) is 17.8 Å². The zero-order valence-electron chi connectivity index (χ0n) is 12.8. The van der Waals surface area contributed by atoms with Crippen LogP contribution in [0.3, 0.4) is 0 Å². The van der Waals surface area contributed by atoms with Gasteiger partial charge in [0.05, 0.1) is 6.26 Å². The van der Waals surface area contributed by atoms with Crippen molar-refractivity contribution in [2.24, 2.45) is 0 Å². The van der Waals surface area contributed by atoms with Crippen LogP contribution in [-0.2, 0) is 10.0 Å². The van der Waals surface area contributed by atoms with Crippen LogP contribution in [0.2, 0.25) is 0 Å². The summed E-state index contributed by atoms with van der Waals surface area (Å²) in [5, 5.41) is 5.86. The minimum Gasteiger partial charge on any atom is -0.357 e. The molecule has 0 aliphatic carbocycles. The first-order chi connectivity index (χ1) is 9.89. The van der Waals surface area contributed by atoms with Crippen LogP contribution >= 0.6 is 0 Å². The van der Waals surface area contributed by atoms with E-state index in [1.54, 1.807) is 7.05 Å². The lowest BCUT2D eigenvalue weighted by molar-refractivity contribution is 0.589. The van der Waals surface area contributed by atoms with E-state index in [1.165, 1.54) is 0 Å². The van der Waals surface area contributed by atoms with Gasteiger partial charge in [-0.2, -0.15) is 15.0 Å². The highest BCUT2D eigenvalue weighted by Crippen LogP contribution is 2.12. The van der Waals surface area contributed by atoms with Gasteiger partial charge in [-0.25, -0.2) is 13.1 Å². The third kappa shape index (κ3) is 6.08. The van der Waals surface area contributed by atoms with Crippen molar-refractivity contribution in [1.29, 1.82) is 0 Å². The second kappa shape index (κ2) is 7.93. The molecule has 0 unspecified atom stereocenters. The zero-order chi connectivity index (χ0) is 15.9. The summed E-state index contributed by atoms with van der Waals surface area (Å²) in [4.78, 5) is 14.8. The maximum atomic E-state index is 11.0. The van der Waals surface area contributed by atoms with Crippen molar-refractivity contribution in [2.45, 2.75) is 13.8 Å². The minimum atomic E-state index is -3.18. The first-order valence-electron chi connectivity index (χ1n) is 6.76. The fraction of sp³-hybridized carbons (Fsp3) is 0.727. The van der Waals surface area contributed by atoms with Gasteiger partial charge in [0.2, 0.25) is 27.9 Å². The molecule has 0 aliphatic heterocycles. The van der Waals surface area contributed by atoms with Gasteiger partial charge in [0, 0.05) is 33.2 Å². The van der Waals surface area contributed by atoms with Crippen LogP contribution in [0.1, 0.15) is 13.8 Å². The van der Waals surface area contributed by atoms with Gasteiger partial charge in [-0.05, 0) is 13.8 Å². The molecule has 1 aromatic heterocycles. The molecule has 1 heterocycles. The standard InChI is InChI=1S/C11H23N7O2S/c1-5-18(6-2)11-16-9(12-3)15-10(17-11)13-7-8-14-21(4,19)20/h14H,5-8H2,1-4H3,(H2,12,13,15,16,17). The Labute approximate surface area is 125 Å². The number of aromatic nitrogens is 3. The summed E-state index contributed by atoms with van der Waals surface area (Å²) >= 11 is 0. The third-order valence-electron chi connectivity index (χ3n) is 2.67. The van der Waals surface area contributed by atoms with Gasteiger partial charge in [-0.15, -0.1) is 0 Å². The number of sulfonamides is 1. The molecule has 21 heavy (non-hydrogen) atoms. The van der Waals surface area contributed by atoms with Gasteiger partial charge >= 0.3 is 0 Å². The fourth-order valence-electron chi connectivity index (χ4n) is 1.61. The quantitative estimate of drug-likeness (QED) is 0.533. The van der Waals surface area contributed by atoms with Gasteiger partial charge in [-0.3, -0.25) is 0 Å². The maximum absolute atomic E-state index is 11.0. The second-order valence-electron chi connectivity index (χ2n) is 4.30. The van der Waals surface area contributed by atoms with E-state index < -0.39 is 10.0 Å². The number of hydrogen-bond acceptors (Lipinski definition) is 8. The van der Waals surface area contributed by atoms with E-state index in [0.717, 1.165) is 19.3 Å². The predicted octanol–water partition coefficient (Wildman–Crippen LogP) is -0.279. The molecule has 9 nitrogen and oxygen atoms in total. The normalized spacial score (nSPS) is 11.2. The van der Waals surface area contributed by atoms with Crippen molar-refractivity contribution in [2.75, 3.05) is 55.0 Å². The molecule has 1 rings (SSSR count). The van der Waals surface area contributed by atoms with E-state index in [1.807, 2.05) is 18.7 Å². The first-order valence-corrected chi connectivity index (χ1v) is 8.66. The molecule has 0 fully saturated rings. The lowest BCUT2D eigenvalue weighted by Crippen LogP contribution is -2.29. The Kier molecular flexibility index (Phi) is 6.56. The third-order valence-corrected chi connectivity index (χ3v) is 3.39. The topological polar surface area (TPSA) is 112 Å². The molecule has 10 heteroatoms. The average Bonchev–Trinajstić information content (AvgIpc) is 2.44. The Morgan fingerprint density at radius 1 is 1.05 bits per heavy atom. The molecule has 0 saturated heterocycles. The van der Waals surface area contributed by atoms with E-state index in [2.05, 4.69) is 30.3 Å². The molecule has 0 spiro atoms. The molecule has 0 aliphatic rings. The highest BCUT2D eigenvalue weighted by Gasteiger charge is 2.10. The largest absolute Gasteiger partial charge is 0.357 e. The predicted molar refractivity (Wildman–Crippen MR) is 84.3 cm³/mol. The molecule has 3 N–H and O–H groups in total. The Hall–Kier alpha value is -1.68. The van der Waals surface area contributed by atoms with Gasteiger partial charge in [0.1, 0.15) is 0 Å². The smallest absolute Gasteiger partial charge is 0.231 e. The van der Waals surface area contributed by atoms with Gasteiger partial charge in [-0.1, -0.05) is 0 Å². The van der Waals surface area contributed by atoms with Crippen molar-refractivity contribution in [3.05, 3.63) is 0 Å². The van der Waals surface area contributed by atoms with Crippen molar-refractivity contribution in [3.63, 3.8) is 0 Å². The minimum absolute atomic E-state index is 0.264. The van der Waals surface area contributed by atoms with Crippen molar-refractivity contribution in [1.82, 2.24) is 19.7 Å². The van der Waals surface area contributed by atoms with Crippen LogP contribution in [-0.4, -0.2) is 62.9 Å². The fourth-order valence-corrected chi connectivity index (χ4v) is 2.09. The van der Waals surface area contributed by atoms with Crippen LogP contribution in [0, 0.1) is 0 Å². The van der Waals surface area contributed by atoms with Crippen LogP contribution < -0.4 is 20.3 Å². The monoisotopic (exact) mass is 317 g/mol. The summed E-state index contributed by atoms with van der Waals surface area (Å²) in [6.45, 7) is 6.28. The van der Waals surface area contributed by atoms with E-state index in [-0.39, 0.29) is 6.54 Å². The summed E-state index contributed by atoms with van der Waals surface area (Å²) in [5.74, 6) is 1.45. The molecule has 0 bridgehead atoms. The number of nitrogens with zero attached hydrogens (tertiary/aromatic N) is 4. The van der Waals surface area contributed by atoms with Gasteiger partial charge in [0.15, 0.2) is 0 Å². The van der Waals surface area contributed by atoms with Gasteiger partial charge in [0.25, 0.3) is 0 Å². The zero-order valence-corrected chi connectivity index (χ0v) is 13.7. The van der Waals surface area contributed by atoms with Crippen LogP contribution in [0.25, 0.3) is 0 Å². The van der Waals surface area contributed by atoms with Crippen molar-refractivity contribution in [3.8, 4) is 0 Å². The average molecular weight is 317 g/mol. The molecular formula is C11H23N7O2S. The molecule has 0 saturated carbocycles. The van der Waals surface area contributed by atoms with E-state index in [4.69, 9.17) is 0 Å². The van der Waals surface area contributed by atoms with E-state index in [9.17, 15) is 8.42 Å². The lowest BCUT2D eigenvalue weighted by atomic mass is 10.5.